The molecule has 3 rings (SSSR count). The minimum Gasteiger partial charge on any atom is -0.213 e. The third kappa shape index (κ3) is 9.89. The van der Waals surface area contributed by atoms with E-state index in [0.29, 0.717) is 35.0 Å². The number of halogens is 6. The fraction of sp³-hybridized carbons (Fsp3) is 0.480. The molecule has 1 unspecified atom stereocenters. The van der Waals surface area contributed by atoms with Crippen LogP contribution < -0.4 is 0 Å². The summed E-state index contributed by atoms with van der Waals surface area (Å²) in [6.07, 6.45) is -2.00. The van der Waals surface area contributed by atoms with Gasteiger partial charge >= 0.3 is 6.18 Å². The molecule has 0 spiro atoms. The maximum atomic E-state index is 13.1. The van der Waals surface area contributed by atoms with Crippen LogP contribution in [0.1, 0.15) is 49.4 Å². The van der Waals surface area contributed by atoms with Gasteiger partial charge in [-0.05, 0) is 67.0 Å². The van der Waals surface area contributed by atoms with Crippen LogP contribution in [-0.4, -0.2) is 32.1 Å². The van der Waals surface area contributed by atoms with Gasteiger partial charge in [0.1, 0.15) is 11.9 Å². The normalized spacial score (nSPS) is 16.0. The molecule has 36 heavy (non-hydrogen) atoms. The molecule has 1 heterocycles. The van der Waals surface area contributed by atoms with Gasteiger partial charge in [0.2, 0.25) is 10.0 Å². The first-order chi connectivity index (χ1) is 16.5. The van der Waals surface area contributed by atoms with E-state index in [9.17, 15) is 26.0 Å². The molecule has 0 aliphatic carbocycles. The summed E-state index contributed by atoms with van der Waals surface area (Å²) in [5.41, 5.74) is 0.668. The molecule has 1 fully saturated rings. The Hall–Kier alpha value is -1.86. The van der Waals surface area contributed by atoms with E-state index < -0.39 is 32.6 Å². The highest BCUT2D eigenvalue weighted by atomic mass is 35.5. The third-order valence-corrected chi connectivity index (χ3v) is 7.51. The Morgan fingerprint density at radius 1 is 1.17 bits per heavy atom. The van der Waals surface area contributed by atoms with Crippen LogP contribution in [0, 0.1) is 35.9 Å². The molecule has 2 aromatic carbocycles. The number of nitrogens with zero attached hydrogens (tertiary/aromatic N) is 2. The summed E-state index contributed by atoms with van der Waals surface area (Å²) >= 11 is 11.0. The van der Waals surface area contributed by atoms with Crippen LogP contribution in [0.2, 0.25) is 10.0 Å². The average molecular weight is 569 g/mol. The molecule has 1 atom stereocenters. The van der Waals surface area contributed by atoms with Gasteiger partial charge in [-0.25, -0.2) is 17.1 Å². The number of aryl methyl sites for hydroxylation is 2. The first-order valence-corrected chi connectivity index (χ1v) is 13.8. The molecule has 4 nitrogen and oxygen atoms in total. The van der Waals surface area contributed by atoms with Gasteiger partial charge in [-0.1, -0.05) is 50.0 Å². The fourth-order valence-corrected chi connectivity index (χ4v) is 4.79. The lowest BCUT2D eigenvalue weighted by molar-refractivity contribution is -0.137. The van der Waals surface area contributed by atoms with Crippen molar-refractivity contribution in [2.75, 3.05) is 19.3 Å². The first kappa shape index (κ1) is 32.2. The second kappa shape index (κ2) is 13.6. The van der Waals surface area contributed by atoms with E-state index in [1.54, 1.807) is 23.4 Å². The molecule has 200 valence electrons. The highest BCUT2D eigenvalue weighted by Crippen LogP contribution is 2.33. The SMILES string of the molecule is CC(C)C1CCN(S(C)(=O)=O)C1.CCc1cc(C(F)(F)F)cc(Cl)c1F.Cc1ccc(C#N)c(Cl)c1. The number of nitriles is 1. The lowest BCUT2D eigenvalue weighted by atomic mass is 9.96. The molecule has 0 aromatic heterocycles. The Bertz CT molecular complexity index is 1180. The van der Waals surface area contributed by atoms with Crippen molar-refractivity contribution in [1.29, 1.82) is 5.26 Å². The van der Waals surface area contributed by atoms with Gasteiger partial charge in [0.25, 0.3) is 0 Å². The van der Waals surface area contributed by atoms with Gasteiger partial charge in [0.05, 0.1) is 27.4 Å². The highest BCUT2D eigenvalue weighted by Gasteiger charge is 2.32. The molecule has 0 saturated carbocycles. The Kier molecular flexibility index (Phi) is 12.2. The molecule has 2 aromatic rings. The largest absolute Gasteiger partial charge is 0.416 e. The van der Waals surface area contributed by atoms with Crippen LogP contribution in [0.5, 0.6) is 0 Å². The number of sulfonamides is 1. The first-order valence-electron chi connectivity index (χ1n) is 11.2. The van der Waals surface area contributed by atoms with E-state index in [-0.39, 0.29) is 12.0 Å². The van der Waals surface area contributed by atoms with Crippen LogP contribution in [0.25, 0.3) is 0 Å². The summed E-state index contributed by atoms with van der Waals surface area (Å²) in [5.74, 6) is 0.374. The summed E-state index contributed by atoms with van der Waals surface area (Å²) in [5, 5.41) is 8.52. The standard InChI is InChI=1S/C9H7ClF4.C8H6ClN.C8H17NO2S/c1-2-5-3-6(9(12,13)14)4-7(10)8(5)11;1-6-2-3-7(5-10)8(9)4-6;1-7(2)8-4-5-9(6-8)12(3,10)11/h3-4H,2H2,1H3;2-4H,1H3;7-8H,4-6H2,1-3H3. The highest BCUT2D eigenvalue weighted by molar-refractivity contribution is 7.88. The molecule has 11 heteroatoms. The van der Waals surface area contributed by atoms with Gasteiger partial charge in [0.15, 0.2) is 0 Å². The van der Waals surface area contributed by atoms with Crippen molar-refractivity contribution < 1.29 is 26.0 Å². The molecule has 0 N–H and O–H groups in total. The monoisotopic (exact) mass is 568 g/mol. The Morgan fingerprint density at radius 3 is 2.17 bits per heavy atom. The van der Waals surface area contributed by atoms with Gasteiger partial charge in [0, 0.05) is 13.1 Å². The van der Waals surface area contributed by atoms with Crippen molar-refractivity contribution in [1.82, 2.24) is 4.31 Å². The smallest absolute Gasteiger partial charge is 0.213 e. The van der Waals surface area contributed by atoms with Gasteiger partial charge in [-0.2, -0.15) is 18.4 Å². The van der Waals surface area contributed by atoms with Crippen LogP contribution >= 0.6 is 23.2 Å². The Balaban J connectivity index is 0.000000274. The molecular weight excluding hydrogens is 539 g/mol. The van der Waals surface area contributed by atoms with Crippen LogP contribution in [0.3, 0.4) is 0 Å². The topological polar surface area (TPSA) is 61.2 Å². The Labute approximate surface area is 220 Å². The molecule has 1 aliphatic rings. The molecule has 0 radical (unpaired) electrons. The predicted molar refractivity (Wildman–Crippen MR) is 136 cm³/mol. The molecular formula is C25H30Cl2F4N2O2S. The number of benzene rings is 2. The zero-order valence-electron chi connectivity index (χ0n) is 20.8. The zero-order valence-corrected chi connectivity index (χ0v) is 23.1. The van der Waals surface area contributed by atoms with Crippen molar-refractivity contribution in [2.45, 2.75) is 46.7 Å². The van der Waals surface area contributed by atoms with Gasteiger partial charge < -0.3 is 0 Å². The number of alkyl halides is 3. The van der Waals surface area contributed by atoms with Crippen molar-refractivity contribution >= 4 is 33.2 Å². The number of rotatable bonds is 3. The molecule has 0 bridgehead atoms. The third-order valence-electron chi connectivity index (χ3n) is 5.66. The maximum Gasteiger partial charge on any atom is 0.416 e. The molecule has 0 amide bonds. The van der Waals surface area contributed by atoms with E-state index in [4.69, 9.17) is 28.5 Å². The van der Waals surface area contributed by atoms with E-state index >= 15 is 0 Å². The van der Waals surface area contributed by atoms with E-state index in [1.165, 1.54) is 6.26 Å². The number of hydrogen-bond acceptors (Lipinski definition) is 3. The lowest BCUT2D eigenvalue weighted by Gasteiger charge is -2.15. The quantitative estimate of drug-likeness (QED) is 0.360. The average Bonchev–Trinajstić information content (AvgIpc) is 3.27. The van der Waals surface area contributed by atoms with Gasteiger partial charge in [-0.15, -0.1) is 0 Å². The van der Waals surface area contributed by atoms with E-state index in [0.717, 1.165) is 24.6 Å². The summed E-state index contributed by atoms with van der Waals surface area (Å²) < 4.78 is 73.6. The fourth-order valence-electron chi connectivity index (χ4n) is 3.38. The van der Waals surface area contributed by atoms with Crippen molar-refractivity contribution in [3.63, 3.8) is 0 Å². The van der Waals surface area contributed by atoms with E-state index in [1.807, 2.05) is 19.1 Å². The summed E-state index contributed by atoms with van der Waals surface area (Å²) in [6, 6.07) is 8.73. The van der Waals surface area contributed by atoms with Gasteiger partial charge in [-0.3, -0.25) is 0 Å². The van der Waals surface area contributed by atoms with Crippen molar-refractivity contribution in [3.8, 4) is 6.07 Å². The number of hydrogen-bond donors (Lipinski definition) is 0. The van der Waals surface area contributed by atoms with Crippen molar-refractivity contribution in [3.05, 3.63) is 68.4 Å². The summed E-state index contributed by atoms with van der Waals surface area (Å²) in [4.78, 5) is 0. The minimum absolute atomic E-state index is 0.0233. The second-order valence-electron chi connectivity index (χ2n) is 8.79. The maximum absolute atomic E-state index is 13.1. The van der Waals surface area contributed by atoms with Crippen LogP contribution in [0.4, 0.5) is 17.6 Å². The predicted octanol–water partition coefficient (Wildman–Crippen LogP) is 7.50. The molecule has 1 saturated heterocycles. The van der Waals surface area contributed by atoms with Crippen LogP contribution in [-0.2, 0) is 22.6 Å². The Morgan fingerprint density at radius 2 is 1.78 bits per heavy atom. The minimum atomic E-state index is -4.48. The summed E-state index contributed by atoms with van der Waals surface area (Å²) in [7, 11) is -2.94. The molecule has 1 aliphatic heterocycles. The van der Waals surface area contributed by atoms with Crippen LogP contribution in [0.15, 0.2) is 30.3 Å². The second-order valence-corrected chi connectivity index (χ2v) is 11.6. The summed E-state index contributed by atoms with van der Waals surface area (Å²) in [6.45, 7) is 9.23. The lowest BCUT2D eigenvalue weighted by Crippen LogP contribution is -2.28. The van der Waals surface area contributed by atoms with Crippen molar-refractivity contribution in [2.24, 2.45) is 11.8 Å². The zero-order chi connectivity index (χ0) is 27.8. The van der Waals surface area contributed by atoms with E-state index in [2.05, 4.69) is 13.8 Å².